The molecule has 2 heterocycles. The minimum atomic E-state index is -0.386. The third kappa shape index (κ3) is 5.07. The minimum Gasteiger partial charge on any atom is -0.493 e. The van der Waals surface area contributed by atoms with Crippen LogP contribution in [0.25, 0.3) is 0 Å². The molecule has 1 aromatic heterocycles. The molecule has 2 amide bonds. The van der Waals surface area contributed by atoms with E-state index in [9.17, 15) is 9.59 Å². The summed E-state index contributed by atoms with van der Waals surface area (Å²) < 4.78 is 15.6. The third-order valence-corrected chi connectivity index (χ3v) is 6.50. The molecule has 1 atom stereocenters. The van der Waals surface area contributed by atoms with E-state index in [-0.39, 0.29) is 22.2 Å². The first-order valence-electron chi connectivity index (χ1n) is 10.6. The van der Waals surface area contributed by atoms with Gasteiger partial charge in [-0.25, -0.2) is 5.01 Å². The van der Waals surface area contributed by atoms with Crippen LogP contribution in [0.5, 0.6) is 11.5 Å². The zero-order valence-corrected chi connectivity index (χ0v) is 19.8. The molecule has 0 spiro atoms. The SMILES string of the molecule is CCC1SC(=O)N(Cc2ccc(NC(=O)c3ccno3)cc2)N=C1c1ccc(OC)c(OC)c1. The predicted octanol–water partition coefficient (Wildman–Crippen LogP) is 4.80. The fraction of sp³-hybridized carbons (Fsp3) is 0.250. The van der Waals surface area contributed by atoms with Gasteiger partial charge in [0.05, 0.1) is 37.9 Å². The lowest BCUT2D eigenvalue weighted by molar-refractivity contribution is 0.0988. The summed E-state index contributed by atoms with van der Waals surface area (Å²) in [5.41, 5.74) is 3.16. The van der Waals surface area contributed by atoms with E-state index in [1.54, 1.807) is 26.4 Å². The Morgan fingerprint density at radius 3 is 2.53 bits per heavy atom. The van der Waals surface area contributed by atoms with Gasteiger partial charge in [-0.1, -0.05) is 36.0 Å². The first kappa shape index (κ1) is 23.4. The zero-order valence-electron chi connectivity index (χ0n) is 19.0. The Kier molecular flexibility index (Phi) is 7.17. The van der Waals surface area contributed by atoms with Crippen molar-refractivity contribution < 1.29 is 23.6 Å². The molecule has 0 saturated heterocycles. The lowest BCUT2D eigenvalue weighted by atomic mass is 10.0. The highest BCUT2D eigenvalue weighted by molar-refractivity contribution is 8.14. The lowest BCUT2D eigenvalue weighted by Gasteiger charge is -2.28. The number of nitrogens with zero attached hydrogens (tertiary/aromatic N) is 3. The maximum absolute atomic E-state index is 12.8. The van der Waals surface area contributed by atoms with Crippen molar-refractivity contribution in [2.45, 2.75) is 25.1 Å². The molecule has 0 bridgehead atoms. The van der Waals surface area contributed by atoms with E-state index in [1.165, 1.54) is 29.0 Å². The zero-order chi connectivity index (χ0) is 24.1. The highest BCUT2D eigenvalue weighted by Crippen LogP contribution is 2.33. The Balaban J connectivity index is 1.53. The fourth-order valence-corrected chi connectivity index (χ4v) is 4.41. The number of methoxy groups -OCH3 is 2. The molecule has 1 unspecified atom stereocenters. The number of ether oxygens (including phenoxy) is 2. The van der Waals surface area contributed by atoms with Gasteiger partial charge in [0, 0.05) is 17.3 Å². The molecule has 10 heteroatoms. The summed E-state index contributed by atoms with van der Waals surface area (Å²) in [6, 6.07) is 14.3. The van der Waals surface area contributed by atoms with Gasteiger partial charge in [-0.3, -0.25) is 9.59 Å². The highest BCUT2D eigenvalue weighted by atomic mass is 32.2. The first-order valence-corrected chi connectivity index (χ1v) is 11.5. The molecule has 1 aliphatic heterocycles. The van der Waals surface area contributed by atoms with Crippen LogP contribution >= 0.6 is 11.8 Å². The van der Waals surface area contributed by atoms with Gasteiger partial charge in [0.15, 0.2) is 11.5 Å². The van der Waals surface area contributed by atoms with E-state index in [4.69, 9.17) is 19.1 Å². The molecule has 9 nitrogen and oxygen atoms in total. The molecule has 176 valence electrons. The Labute approximate surface area is 201 Å². The number of hydrogen-bond donors (Lipinski definition) is 1. The van der Waals surface area contributed by atoms with Gasteiger partial charge in [0.25, 0.3) is 5.91 Å². The number of carbonyl (C=O) groups excluding carboxylic acids is 2. The Morgan fingerprint density at radius 2 is 1.88 bits per heavy atom. The summed E-state index contributed by atoms with van der Waals surface area (Å²) in [4.78, 5) is 24.9. The molecule has 0 aliphatic carbocycles. The van der Waals surface area contributed by atoms with Crippen LogP contribution in [0.2, 0.25) is 0 Å². The molecular formula is C24H24N4O5S. The molecular weight excluding hydrogens is 456 g/mol. The molecule has 2 aromatic carbocycles. The number of carbonyl (C=O) groups is 2. The summed E-state index contributed by atoms with van der Waals surface area (Å²) in [5, 5.41) is 12.3. The highest BCUT2D eigenvalue weighted by Gasteiger charge is 2.30. The maximum atomic E-state index is 12.8. The number of benzene rings is 2. The first-order chi connectivity index (χ1) is 16.5. The van der Waals surface area contributed by atoms with Crippen molar-refractivity contribution in [1.82, 2.24) is 10.2 Å². The van der Waals surface area contributed by atoms with E-state index in [0.717, 1.165) is 23.3 Å². The largest absolute Gasteiger partial charge is 0.493 e. The van der Waals surface area contributed by atoms with Gasteiger partial charge in [0.1, 0.15) is 0 Å². The molecule has 4 rings (SSSR count). The van der Waals surface area contributed by atoms with Crippen LogP contribution in [0.3, 0.4) is 0 Å². The third-order valence-electron chi connectivity index (χ3n) is 5.24. The van der Waals surface area contributed by atoms with Gasteiger partial charge >= 0.3 is 5.24 Å². The molecule has 3 aromatic rings. The molecule has 0 saturated carbocycles. The van der Waals surface area contributed by atoms with Gasteiger partial charge in [-0.2, -0.15) is 5.10 Å². The van der Waals surface area contributed by atoms with Crippen molar-refractivity contribution in [3.05, 3.63) is 71.6 Å². The van der Waals surface area contributed by atoms with Crippen molar-refractivity contribution in [2.24, 2.45) is 5.10 Å². The summed E-state index contributed by atoms with van der Waals surface area (Å²) >= 11 is 1.26. The van der Waals surface area contributed by atoms with Gasteiger partial charge in [0.2, 0.25) is 5.76 Å². The van der Waals surface area contributed by atoms with Crippen molar-refractivity contribution in [2.75, 3.05) is 19.5 Å². The maximum Gasteiger partial charge on any atom is 0.302 e. The molecule has 0 radical (unpaired) electrons. The van der Waals surface area contributed by atoms with Gasteiger partial charge in [-0.05, 0) is 42.3 Å². The molecule has 34 heavy (non-hydrogen) atoms. The average Bonchev–Trinajstić information content (AvgIpc) is 3.41. The second kappa shape index (κ2) is 10.4. The number of aromatic nitrogens is 1. The number of anilines is 1. The van der Waals surface area contributed by atoms with Crippen LogP contribution in [0.4, 0.5) is 10.5 Å². The van der Waals surface area contributed by atoms with Crippen LogP contribution in [-0.2, 0) is 6.54 Å². The molecule has 1 aliphatic rings. The fourth-order valence-electron chi connectivity index (χ4n) is 3.48. The Bertz CT molecular complexity index is 1190. The van der Waals surface area contributed by atoms with Crippen LogP contribution in [0, 0.1) is 0 Å². The number of thioether (sulfide) groups is 1. The number of amides is 2. The van der Waals surface area contributed by atoms with Crippen LogP contribution in [0.1, 0.15) is 35.0 Å². The van der Waals surface area contributed by atoms with Crippen molar-refractivity contribution in [1.29, 1.82) is 0 Å². The molecule has 1 N–H and O–H groups in total. The van der Waals surface area contributed by atoms with E-state index in [2.05, 4.69) is 10.5 Å². The summed E-state index contributed by atoms with van der Waals surface area (Å²) in [7, 11) is 3.18. The van der Waals surface area contributed by atoms with Crippen molar-refractivity contribution >= 4 is 34.3 Å². The summed E-state index contributed by atoms with van der Waals surface area (Å²) in [6.45, 7) is 2.33. The van der Waals surface area contributed by atoms with E-state index < -0.39 is 0 Å². The summed E-state index contributed by atoms with van der Waals surface area (Å²) in [6.07, 6.45) is 2.17. The number of nitrogens with one attached hydrogen (secondary N) is 1. The number of rotatable bonds is 8. The topological polar surface area (TPSA) is 106 Å². The number of hydrazone groups is 1. The lowest BCUT2D eigenvalue weighted by Crippen LogP contribution is -2.34. The standard InChI is InChI=1S/C24H24N4O5S/c1-4-21-22(16-7-10-18(31-2)20(13-16)32-3)27-28(24(30)34-21)14-15-5-8-17(9-6-15)26-23(29)19-11-12-25-33-19/h5-13,21H,4,14H2,1-3H3,(H,26,29). The van der Waals surface area contributed by atoms with Crippen LogP contribution in [-0.4, -0.2) is 46.5 Å². The van der Waals surface area contributed by atoms with Crippen LogP contribution < -0.4 is 14.8 Å². The Hall–Kier alpha value is -3.79. The summed E-state index contributed by atoms with van der Waals surface area (Å²) in [5.74, 6) is 0.978. The average molecular weight is 481 g/mol. The second-order valence-electron chi connectivity index (χ2n) is 7.42. The van der Waals surface area contributed by atoms with Gasteiger partial charge in [-0.15, -0.1) is 0 Å². The van der Waals surface area contributed by atoms with E-state index in [1.807, 2.05) is 37.3 Å². The minimum absolute atomic E-state index is 0.0597. The van der Waals surface area contributed by atoms with Crippen molar-refractivity contribution in [3.63, 3.8) is 0 Å². The van der Waals surface area contributed by atoms with Gasteiger partial charge < -0.3 is 19.3 Å². The quantitative estimate of drug-likeness (QED) is 0.494. The van der Waals surface area contributed by atoms with Crippen molar-refractivity contribution in [3.8, 4) is 11.5 Å². The number of hydrogen-bond acceptors (Lipinski definition) is 8. The monoisotopic (exact) mass is 480 g/mol. The van der Waals surface area contributed by atoms with E-state index in [0.29, 0.717) is 23.7 Å². The normalized spacial score (nSPS) is 15.6. The Morgan fingerprint density at radius 1 is 1.12 bits per heavy atom. The van der Waals surface area contributed by atoms with Crippen LogP contribution in [0.15, 0.2) is 64.4 Å². The predicted molar refractivity (Wildman–Crippen MR) is 130 cm³/mol. The molecule has 0 fully saturated rings. The van der Waals surface area contributed by atoms with E-state index >= 15 is 0 Å². The second-order valence-corrected chi connectivity index (χ2v) is 8.58. The smallest absolute Gasteiger partial charge is 0.302 e.